The minimum atomic E-state index is -0.924. The van der Waals surface area contributed by atoms with E-state index in [9.17, 15) is 4.79 Å². The van der Waals surface area contributed by atoms with Gasteiger partial charge in [-0.3, -0.25) is 0 Å². The zero-order chi connectivity index (χ0) is 14.0. The first-order chi connectivity index (χ1) is 8.97. The monoisotopic (exact) mass is 259 g/mol. The summed E-state index contributed by atoms with van der Waals surface area (Å²) in [6.45, 7) is 5.85. The van der Waals surface area contributed by atoms with Crippen LogP contribution in [-0.4, -0.2) is 11.1 Å². The highest BCUT2D eigenvalue weighted by molar-refractivity contribution is 5.88. The molecule has 0 saturated heterocycles. The van der Waals surface area contributed by atoms with Crippen LogP contribution in [0.3, 0.4) is 0 Å². The molecule has 1 atom stereocenters. The lowest BCUT2D eigenvalue weighted by Crippen LogP contribution is -2.07. The molecule has 0 aliphatic carbocycles. The Balaban J connectivity index is 2.19. The molecule has 0 amide bonds. The molecule has 1 aromatic heterocycles. The van der Waals surface area contributed by atoms with E-state index in [1.54, 1.807) is 18.2 Å². The first-order valence-electron chi connectivity index (χ1n) is 6.14. The molecule has 0 aliphatic heterocycles. The van der Waals surface area contributed by atoms with E-state index in [4.69, 9.17) is 9.52 Å². The molecule has 0 radical (unpaired) electrons. The van der Waals surface area contributed by atoms with Gasteiger partial charge in [0, 0.05) is 11.3 Å². The van der Waals surface area contributed by atoms with Gasteiger partial charge in [0.15, 0.2) is 0 Å². The molecular weight excluding hydrogens is 242 g/mol. The highest BCUT2D eigenvalue weighted by atomic mass is 16.4. The number of rotatable bonds is 4. The van der Waals surface area contributed by atoms with E-state index in [1.807, 2.05) is 32.9 Å². The van der Waals surface area contributed by atoms with Crippen LogP contribution >= 0.6 is 0 Å². The van der Waals surface area contributed by atoms with Gasteiger partial charge in [-0.05, 0) is 45.0 Å². The molecule has 1 heterocycles. The average Bonchev–Trinajstić information content (AvgIpc) is 2.69. The zero-order valence-corrected chi connectivity index (χ0v) is 11.2. The molecule has 2 aromatic rings. The van der Waals surface area contributed by atoms with E-state index < -0.39 is 5.97 Å². The molecule has 2 N–H and O–H groups in total. The second-order valence-corrected chi connectivity index (χ2v) is 4.62. The van der Waals surface area contributed by atoms with E-state index in [2.05, 4.69) is 5.32 Å². The first kappa shape index (κ1) is 13.2. The molecule has 4 heteroatoms. The van der Waals surface area contributed by atoms with Gasteiger partial charge in [-0.1, -0.05) is 6.07 Å². The molecule has 2 rings (SSSR count). The topological polar surface area (TPSA) is 62.5 Å². The molecule has 0 saturated carbocycles. The van der Waals surface area contributed by atoms with Gasteiger partial charge in [0.25, 0.3) is 0 Å². The normalized spacial score (nSPS) is 12.2. The van der Waals surface area contributed by atoms with Gasteiger partial charge in [-0.2, -0.15) is 0 Å². The van der Waals surface area contributed by atoms with Crippen molar-refractivity contribution in [3.05, 3.63) is 53.0 Å². The molecule has 1 aromatic carbocycles. The maximum atomic E-state index is 10.9. The van der Waals surface area contributed by atoms with Crippen molar-refractivity contribution in [2.75, 3.05) is 5.32 Å². The summed E-state index contributed by atoms with van der Waals surface area (Å²) in [6, 6.07) is 8.83. The average molecular weight is 259 g/mol. The number of aromatic carboxylic acids is 1. The first-order valence-corrected chi connectivity index (χ1v) is 6.14. The Labute approximate surface area is 112 Å². The maximum Gasteiger partial charge on any atom is 0.335 e. The Morgan fingerprint density at radius 2 is 2.05 bits per heavy atom. The largest absolute Gasteiger partial charge is 0.478 e. The van der Waals surface area contributed by atoms with Crippen LogP contribution in [0.4, 0.5) is 5.69 Å². The van der Waals surface area contributed by atoms with E-state index in [-0.39, 0.29) is 11.6 Å². The minimum Gasteiger partial charge on any atom is -0.478 e. The van der Waals surface area contributed by atoms with Crippen molar-refractivity contribution in [2.45, 2.75) is 26.8 Å². The van der Waals surface area contributed by atoms with Crippen molar-refractivity contribution in [3.63, 3.8) is 0 Å². The number of carboxylic acid groups (broad SMARTS) is 1. The molecular formula is C15H17NO3. The fraction of sp³-hybridized carbons (Fsp3) is 0.267. The number of benzene rings is 1. The minimum absolute atomic E-state index is 0.0569. The number of hydrogen-bond acceptors (Lipinski definition) is 3. The van der Waals surface area contributed by atoms with Crippen LogP contribution < -0.4 is 5.32 Å². The molecule has 0 bridgehead atoms. The van der Waals surface area contributed by atoms with Crippen LogP contribution in [-0.2, 0) is 0 Å². The predicted molar refractivity (Wildman–Crippen MR) is 73.6 cm³/mol. The summed E-state index contributed by atoms with van der Waals surface area (Å²) in [5.41, 5.74) is 2.14. The Kier molecular flexibility index (Phi) is 3.60. The van der Waals surface area contributed by atoms with Gasteiger partial charge in [0.05, 0.1) is 11.6 Å². The van der Waals surface area contributed by atoms with Crippen molar-refractivity contribution in [1.29, 1.82) is 0 Å². The molecule has 0 aliphatic rings. The van der Waals surface area contributed by atoms with Gasteiger partial charge in [0.2, 0.25) is 0 Å². The van der Waals surface area contributed by atoms with Crippen molar-refractivity contribution in [1.82, 2.24) is 0 Å². The number of hydrogen-bond donors (Lipinski definition) is 2. The molecule has 1 unspecified atom stereocenters. The molecule has 0 spiro atoms. The summed E-state index contributed by atoms with van der Waals surface area (Å²) >= 11 is 0. The third kappa shape index (κ3) is 2.96. The van der Waals surface area contributed by atoms with Gasteiger partial charge < -0.3 is 14.8 Å². The molecule has 0 fully saturated rings. The third-order valence-electron chi connectivity index (χ3n) is 3.04. The van der Waals surface area contributed by atoms with Gasteiger partial charge in [0.1, 0.15) is 11.5 Å². The van der Waals surface area contributed by atoms with Crippen molar-refractivity contribution >= 4 is 11.7 Å². The van der Waals surface area contributed by atoms with E-state index in [1.165, 1.54) is 0 Å². The molecule has 100 valence electrons. The van der Waals surface area contributed by atoms with E-state index in [0.29, 0.717) is 0 Å². The quantitative estimate of drug-likeness (QED) is 0.877. The summed E-state index contributed by atoms with van der Waals surface area (Å²) in [4.78, 5) is 10.9. The Morgan fingerprint density at radius 1 is 1.32 bits per heavy atom. The standard InChI is InChI=1S/C15H17NO3/c1-9-7-14(11(3)19-9)10(2)16-13-6-4-5-12(8-13)15(17)18/h4-8,10,16H,1-3H3,(H,17,18). The van der Waals surface area contributed by atoms with Crippen LogP contribution in [0.1, 0.15) is 40.4 Å². The SMILES string of the molecule is Cc1cc(C(C)Nc2cccc(C(=O)O)c2)c(C)o1. The fourth-order valence-corrected chi connectivity index (χ4v) is 2.15. The van der Waals surface area contributed by atoms with Crippen molar-refractivity contribution in [3.8, 4) is 0 Å². The summed E-state index contributed by atoms with van der Waals surface area (Å²) < 4.78 is 5.50. The smallest absolute Gasteiger partial charge is 0.335 e. The van der Waals surface area contributed by atoms with Crippen LogP contribution in [0.15, 0.2) is 34.7 Å². The number of anilines is 1. The number of nitrogens with one attached hydrogen (secondary N) is 1. The highest BCUT2D eigenvalue weighted by Gasteiger charge is 2.13. The second kappa shape index (κ2) is 5.18. The highest BCUT2D eigenvalue weighted by Crippen LogP contribution is 2.25. The van der Waals surface area contributed by atoms with Gasteiger partial charge in [-0.25, -0.2) is 4.79 Å². The maximum absolute atomic E-state index is 10.9. The lowest BCUT2D eigenvalue weighted by Gasteiger charge is -2.15. The second-order valence-electron chi connectivity index (χ2n) is 4.62. The lowest BCUT2D eigenvalue weighted by atomic mass is 10.1. The molecule has 4 nitrogen and oxygen atoms in total. The Bertz CT molecular complexity index is 601. The Hall–Kier alpha value is -2.23. The third-order valence-corrected chi connectivity index (χ3v) is 3.04. The van der Waals surface area contributed by atoms with Gasteiger partial charge in [-0.15, -0.1) is 0 Å². The Morgan fingerprint density at radius 3 is 2.63 bits per heavy atom. The summed E-state index contributed by atoms with van der Waals surface area (Å²) in [5, 5.41) is 12.2. The molecule has 19 heavy (non-hydrogen) atoms. The van der Waals surface area contributed by atoms with E-state index in [0.717, 1.165) is 22.8 Å². The summed E-state index contributed by atoms with van der Waals surface area (Å²) in [6.07, 6.45) is 0. The predicted octanol–water partition coefficient (Wildman–Crippen LogP) is 3.77. The summed E-state index contributed by atoms with van der Waals surface area (Å²) in [5.74, 6) is 0.832. The fourth-order valence-electron chi connectivity index (χ4n) is 2.15. The number of aryl methyl sites for hydroxylation is 2. The lowest BCUT2D eigenvalue weighted by molar-refractivity contribution is 0.0697. The summed E-state index contributed by atoms with van der Waals surface area (Å²) in [7, 11) is 0. The number of carbonyl (C=O) groups is 1. The number of furan rings is 1. The van der Waals surface area contributed by atoms with Crippen molar-refractivity contribution < 1.29 is 14.3 Å². The van der Waals surface area contributed by atoms with Crippen molar-refractivity contribution in [2.24, 2.45) is 0 Å². The van der Waals surface area contributed by atoms with Crippen LogP contribution in [0.2, 0.25) is 0 Å². The van der Waals surface area contributed by atoms with Gasteiger partial charge >= 0.3 is 5.97 Å². The zero-order valence-electron chi connectivity index (χ0n) is 11.2. The number of carboxylic acids is 1. The van der Waals surface area contributed by atoms with Crippen LogP contribution in [0, 0.1) is 13.8 Å². The van der Waals surface area contributed by atoms with Crippen LogP contribution in [0.5, 0.6) is 0 Å². The van der Waals surface area contributed by atoms with Crippen LogP contribution in [0.25, 0.3) is 0 Å². The van der Waals surface area contributed by atoms with E-state index >= 15 is 0 Å².